The number of aliphatic hydroxyl groups is 1. The molecule has 0 radical (unpaired) electrons. The number of fused-ring (bicyclic) bond motifs is 1. The van der Waals surface area contributed by atoms with Gasteiger partial charge in [-0.2, -0.15) is 0 Å². The average molecular weight is 759 g/mol. The Morgan fingerprint density at radius 1 is 0.714 bits per heavy atom. The minimum atomic E-state index is -1.20. The predicted octanol–water partition coefficient (Wildman–Crippen LogP) is 4.84. The van der Waals surface area contributed by atoms with Gasteiger partial charge in [-0.15, -0.1) is 0 Å². The lowest BCUT2D eigenvalue weighted by Gasteiger charge is -2.29. The van der Waals surface area contributed by atoms with E-state index in [0.717, 1.165) is 33.2 Å². The fourth-order valence-electron chi connectivity index (χ4n) is 6.43. The summed E-state index contributed by atoms with van der Waals surface area (Å²) in [6.45, 7) is 4.26. The van der Waals surface area contributed by atoms with Crippen LogP contribution in [0.2, 0.25) is 0 Å². The summed E-state index contributed by atoms with van der Waals surface area (Å²) in [4.78, 5) is 62.8. The Kier molecular flexibility index (Phi) is 15.4. The van der Waals surface area contributed by atoms with E-state index in [2.05, 4.69) is 31.2 Å². The number of aromatic nitrogens is 2. The fraction of sp³-hybridized carbons (Fsp3) is 0.318. The maximum absolute atomic E-state index is 14.3. The highest BCUT2D eigenvalue weighted by atomic mass is 16.5. The molecule has 0 fully saturated rings. The normalized spacial score (nSPS) is 13.2. The second-order valence-electron chi connectivity index (χ2n) is 14.2. The van der Waals surface area contributed by atoms with Gasteiger partial charge < -0.3 is 31.1 Å². The quantitative estimate of drug-likeness (QED) is 0.0797. The fourth-order valence-corrected chi connectivity index (χ4v) is 6.43. The van der Waals surface area contributed by atoms with Crippen molar-refractivity contribution >= 4 is 34.6 Å². The Morgan fingerprint density at radius 2 is 1.41 bits per heavy atom. The number of hydrogen-bond donors (Lipinski definition) is 5. The number of benzene rings is 3. The van der Waals surface area contributed by atoms with Gasteiger partial charge in [0.25, 0.3) is 0 Å². The van der Waals surface area contributed by atoms with Crippen LogP contribution in [0.4, 0.5) is 4.79 Å². The summed E-state index contributed by atoms with van der Waals surface area (Å²) in [6.07, 6.45) is 3.77. The molecule has 5 N–H and O–H groups in total. The van der Waals surface area contributed by atoms with Crippen LogP contribution >= 0.6 is 0 Å². The molecule has 0 bridgehead atoms. The van der Waals surface area contributed by atoms with Crippen molar-refractivity contribution in [2.24, 2.45) is 5.92 Å². The summed E-state index contributed by atoms with van der Waals surface area (Å²) in [5, 5.41) is 24.5. The number of aliphatic hydroxyl groups excluding tert-OH is 1. The second kappa shape index (κ2) is 21.1. The molecule has 2 heterocycles. The van der Waals surface area contributed by atoms with Crippen LogP contribution in [0, 0.1) is 5.92 Å². The van der Waals surface area contributed by atoms with Crippen molar-refractivity contribution in [1.29, 1.82) is 0 Å². The molecule has 3 aromatic carbocycles. The van der Waals surface area contributed by atoms with Gasteiger partial charge in [0.15, 0.2) is 0 Å². The van der Waals surface area contributed by atoms with Gasteiger partial charge in [0.2, 0.25) is 17.7 Å². The summed E-state index contributed by atoms with van der Waals surface area (Å²) < 4.78 is 5.50. The Labute approximate surface area is 327 Å². The summed E-state index contributed by atoms with van der Waals surface area (Å²) in [5.74, 6) is -1.45. The first kappa shape index (κ1) is 41.0. The standard InChI is InChI=1S/C44H50N6O6/c1-30(2)25-37(40(51)28-41(52)47-24-20-35-16-8-9-21-46-35)48-42(53)38(26-31-18-22-45-23-19-31)49-43(54)39(50-44(55)56-29-32-11-4-3-5-12-32)27-34-15-10-14-33-13-6-7-17-36(33)34/h3-19,21-23,30,37-40,51H,20,24-29H2,1-2H3,(H,47,52)(H,48,53)(H,49,54)(H,50,55)/t37-,38?,39-,40-/m0/s1. The molecule has 2 aromatic heterocycles. The molecule has 0 saturated heterocycles. The van der Waals surface area contributed by atoms with Gasteiger partial charge in [-0.3, -0.25) is 24.4 Å². The summed E-state index contributed by atoms with van der Waals surface area (Å²) >= 11 is 0. The maximum Gasteiger partial charge on any atom is 0.408 e. The molecule has 12 heteroatoms. The van der Waals surface area contributed by atoms with Gasteiger partial charge in [-0.1, -0.05) is 92.7 Å². The summed E-state index contributed by atoms with van der Waals surface area (Å²) in [7, 11) is 0. The number of pyridine rings is 2. The zero-order valence-electron chi connectivity index (χ0n) is 31.8. The molecular weight excluding hydrogens is 709 g/mol. The van der Waals surface area contributed by atoms with Crippen molar-refractivity contribution in [1.82, 2.24) is 31.2 Å². The third-order valence-corrected chi connectivity index (χ3v) is 9.29. The molecular formula is C44H50N6O6. The number of alkyl carbamates (subject to hydrolysis) is 1. The van der Waals surface area contributed by atoms with Gasteiger partial charge in [-0.05, 0) is 64.1 Å². The summed E-state index contributed by atoms with van der Waals surface area (Å²) in [6, 6.07) is 28.7. The van der Waals surface area contributed by atoms with E-state index in [-0.39, 0.29) is 37.7 Å². The molecule has 292 valence electrons. The Morgan fingerprint density at radius 3 is 2.16 bits per heavy atom. The first-order valence-corrected chi connectivity index (χ1v) is 18.9. The van der Waals surface area contributed by atoms with E-state index in [9.17, 15) is 24.3 Å². The highest BCUT2D eigenvalue weighted by Crippen LogP contribution is 2.20. The van der Waals surface area contributed by atoms with Crippen LogP contribution < -0.4 is 21.3 Å². The van der Waals surface area contributed by atoms with E-state index < -0.39 is 42.1 Å². The van der Waals surface area contributed by atoms with Gasteiger partial charge in [0.1, 0.15) is 18.7 Å². The highest BCUT2D eigenvalue weighted by Gasteiger charge is 2.31. The van der Waals surface area contributed by atoms with Crippen LogP contribution in [0.25, 0.3) is 10.8 Å². The van der Waals surface area contributed by atoms with E-state index in [1.54, 1.807) is 30.7 Å². The number of rotatable bonds is 19. The number of amides is 4. The molecule has 1 unspecified atom stereocenters. The number of ether oxygens (including phenoxy) is 1. The minimum absolute atomic E-state index is 0.00414. The number of carbonyl (C=O) groups excluding carboxylic acids is 4. The SMILES string of the molecule is CC(C)C[C@H](NC(=O)C(Cc1ccncc1)NC(=O)[C@H](Cc1cccc2ccccc12)NC(=O)OCc1ccccc1)[C@@H](O)CC(=O)NCCc1ccccn1. The van der Waals surface area contributed by atoms with Crippen molar-refractivity contribution in [3.63, 3.8) is 0 Å². The molecule has 0 aliphatic heterocycles. The summed E-state index contributed by atoms with van der Waals surface area (Å²) in [5.41, 5.74) is 3.17. The number of nitrogens with one attached hydrogen (secondary N) is 4. The molecule has 0 aliphatic carbocycles. The highest BCUT2D eigenvalue weighted by molar-refractivity contribution is 5.93. The van der Waals surface area contributed by atoms with Gasteiger partial charge in [-0.25, -0.2) is 4.79 Å². The van der Waals surface area contributed by atoms with Crippen molar-refractivity contribution in [2.45, 2.75) is 76.8 Å². The monoisotopic (exact) mass is 758 g/mol. The minimum Gasteiger partial charge on any atom is -0.445 e. The lowest BCUT2D eigenvalue weighted by molar-refractivity contribution is -0.131. The lowest BCUT2D eigenvalue weighted by Crippen LogP contribution is -2.57. The molecule has 56 heavy (non-hydrogen) atoms. The van der Waals surface area contributed by atoms with Crippen LogP contribution in [0.15, 0.2) is 122 Å². The van der Waals surface area contributed by atoms with Gasteiger partial charge in [0, 0.05) is 50.1 Å². The molecule has 0 spiro atoms. The number of nitrogens with zero attached hydrogens (tertiary/aromatic N) is 2. The molecule has 4 atom stereocenters. The lowest BCUT2D eigenvalue weighted by atomic mass is 9.95. The molecule has 0 aliphatic rings. The van der Waals surface area contributed by atoms with E-state index in [0.29, 0.717) is 19.4 Å². The van der Waals surface area contributed by atoms with Gasteiger partial charge >= 0.3 is 6.09 Å². The Hall–Kier alpha value is -6.14. The van der Waals surface area contributed by atoms with Crippen molar-refractivity contribution in [2.75, 3.05) is 6.54 Å². The Balaban J connectivity index is 1.32. The van der Waals surface area contributed by atoms with Gasteiger partial charge in [0.05, 0.1) is 18.6 Å². The van der Waals surface area contributed by atoms with E-state index >= 15 is 0 Å². The van der Waals surface area contributed by atoms with Crippen LogP contribution in [-0.4, -0.2) is 69.7 Å². The largest absolute Gasteiger partial charge is 0.445 e. The van der Waals surface area contributed by atoms with Crippen molar-refractivity contribution in [3.8, 4) is 0 Å². The second-order valence-corrected chi connectivity index (χ2v) is 14.2. The number of hydrogen-bond acceptors (Lipinski definition) is 8. The molecule has 5 aromatic rings. The predicted molar refractivity (Wildman–Crippen MR) is 214 cm³/mol. The van der Waals surface area contributed by atoms with Crippen molar-refractivity contribution < 1.29 is 29.0 Å². The maximum atomic E-state index is 14.3. The smallest absolute Gasteiger partial charge is 0.408 e. The van der Waals surface area contributed by atoms with Crippen LogP contribution in [0.5, 0.6) is 0 Å². The zero-order valence-corrected chi connectivity index (χ0v) is 31.8. The molecule has 12 nitrogen and oxygen atoms in total. The van der Waals surface area contributed by atoms with Crippen LogP contribution in [-0.2, 0) is 45.0 Å². The molecule has 5 rings (SSSR count). The first-order valence-electron chi connectivity index (χ1n) is 18.9. The van der Waals surface area contributed by atoms with Crippen LogP contribution in [0.3, 0.4) is 0 Å². The number of carbonyl (C=O) groups is 4. The van der Waals surface area contributed by atoms with Crippen LogP contribution in [0.1, 0.15) is 49.1 Å². The van der Waals surface area contributed by atoms with E-state index in [1.807, 2.05) is 105 Å². The first-order chi connectivity index (χ1) is 27.1. The third-order valence-electron chi connectivity index (χ3n) is 9.29. The van der Waals surface area contributed by atoms with Crippen molar-refractivity contribution in [3.05, 3.63) is 144 Å². The molecule has 4 amide bonds. The van der Waals surface area contributed by atoms with E-state index in [1.165, 1.54) is 0 Å². The average Bonchev–Trinajstić information content (AvgIpc) is 3.20. The zero-order chi connectivity index (χ0) is 39.7. The Bertz CT molecular complexity index is 2010. The van der Waals surface area contributed by atoms with E-state index in [4.69, 9.17) is 4.74 Å². The topological polar surface area (TPSA) is 172 Å². The third kappa shape index (κ3) is 13.0. The molecule has 0 saturated carbocycles.